The van der Waals surface area contributed by atoms with E-state index in [9.17, 15) is 4.39 Å². The fourth-order valence-corrected chi connectivity index (χ4v) is 2.11. The number of alkyl halides is 2. The Balaban J connectivity index is 2.13. The van der Waals surface area contributed by atoms with Crippen molar-refractivity contribution < 1.29 is 4.39 Å². The zero-order valence-electron chi connectivity index (χ0n) is 6.86. The highest BCUT2D eigenvalue weighted by atomic mass is 79.9. The Hall–Kier alpha value is 0.410. The quantitative estimate of drug-likeness (QED) is 0.640. The maximum Gasteiger partial charge on any atom is 0.110 e. The van der Waals surface area contributed by atoms with Gasteiger partial charge in [0.2, 0.25) is 0 Å². The van der Waals surface area contributed by atoms with Crippen LogP contribution in [-0.2, 0) is 0 Å². The molecule has 1 fully saturated rings. The van der Waals surface area contributed by atoms with Crippen LogP contribution < -0.4 is 0 Å². The molecule has 0 bridgehead atoms. The van der Waals surface area contributed by atoms with Crippen LogP contribution >= 0.6 is 15.9 Å². The molecule has 0 aromatic rings. The first-order valence-corrected chi connectivity index (χ1v) is 5.65. The van der Waals surface area contributed by atoms with E-state index in [0.29, 0.717) is 11.2 Å². The Bertz CT molecular complexity index is 99.7. The van der Waals surface area contributed by atoms with Crippen LogP contribution in [0, 0.1) is 5.92 Å². The smallest absolute Gasteiger partial charge is 0.110 e. The maximum atomic E-state index is 12.9. The molecule has 2 heteroatoms. The maximum absolute atomic E-state index is 12.9. The second kappa shape index (κ2) is 5.13. The SMILES string of the molecule is F[C@H](CBr)CC1CCCCC1. The third-order valence-corrected chi connectivity index (χ3v) is 3.18. The summed E-state index contributed by atoms with van der Waals surface area (Å²) >= 11 is 3.17. The summed E-state index contributed by atoms with van der Waals surface area (Å²) in [6, 6.07) is 0. The van der Waals surface area contributed by atoms with Gasteiger partial charge in [0.1, 0.15) is 6.17 Å². The predicted octanol–water partition coefficient (Wildman–Crippen LogP) is 3.69. The topological polar surface area (TPSA) is 0 Å². The van der Waals surface area contributed by atoms with Gasteiger partial charge in [-0.3, -0.25) is 0 Å². The van der Waals surface area contributed by atoms with Crippen LogP contribution in [0.15, 0.2) is 0 Å². The largest absolute Gasteiger partial charge is 0.247 e. The first-order chi connectivity index (χ1) is 5.33. The molecule has 0 aliphatic heterocycles. The Morgan fingerprint density at radius 3 is 2.45 bits per heavy atom. The Labute approximate surface area is 76.7 Å². The molecule has 0 nitrogen and oxygen atoms in total. The summed E-state index contributed by atoms with van der Waals surface area (Å²) in [6.07, 6.45) is 6.69. The van der Waals surface area contributed by atoms with Gasteiger partial charge in [-0.25, -0.2) is 4.39 Å². The van der Waals surface area contributed by atoms with Gasteiger partial charge >= 0.3 is 0 Å². The van der Waals surface area contributed by atoms with E-state index in [1.807, 2.05) is 0 Å². The van der Waals surface area contributed by atoms with Crippen LogP contribution in [0.25, 0.3) is 0 Å². The van der Waals surface area contributed by atoms with Gasteiger partial charge < -0.3 is 0 Å². The van der Waals surface area contributed by atoms with E-state index in [4.69, 9.17) is 0 Å². The van der Waals surface area contributed by atoms with Crippen LogP contribution in [0.3, 0.4) is 0 Å². The fourth-order valence-electron chi connectivity index (χ4n) is 1.85. The molecule has 11 heavy (non-hydrogen) atoms. The highest BCUT2D eigenvalue weighted by Crippen LogP contribution is 2.28. The van der Waals surface area contributed by atoms with Crippen molar-refractivity contribution in [1.82, 2.24) is 0 Å². The molecule has 0 aromatic carbocycles. The van der Waals surface area contributed by atoms with Gasteiger partial charge in [-0.1, -0.05) is 48.0 Å². The van der Waals surface area contributed by atoms with Gasteiger partial charge in [0.25, 0.3) is 0 Å². The van der Waals surface area contributed by atoms with Crippen LogP contribution in [0.4, 0.5) is 4.39 Å². The van der Waals surface area contributed by atoms with Crippen molar-refractivity contribution in [3.63, 3.8) is 0 Å². The lowest BCUT2D eigenvalue weighted by atomic mass is 9.86. The molecule has 1 atom stereocenters. The molecule has 66 valence electrons. The summed E-state index contributed by atoms with van der Waals surface area (Å²) in [4.78, 5) is 0. The Morgan fingerprint density at radius 1 is 1.27 bits per heavy atom. The molecule has 1 rings (SSSR count). The van der Waals surface area contributed by atoms with E-state index in [-0.39, 0.29) is 0 Å². The van der Waals surface area contributed by atoms with E-state index in [1.54, 1.807) is 0 Å². The van der Waals surface area contributed by atoms with Crippen molar-refractivity contribution in [1.29, 1.82) is 0 Å². The summed E-state index contributed by atoms with van der Waals surface area (Å²) in [7, 11) is 0. The zero-order chi connectivity index (χ0) is 8.10. The second-order valence-electron chi connectivity index (χ2n) is 3.49. The van der Waals surface area contributed by atoms with Crippen LogP contribution in [0.2, 0.25) is 0 Å². The number of hydrogen-bond acceptors (Lipinski definition) is 0. The Morgan fingerprint density at radius 2 is 1.91 bits per heavy atom. The highest BCUT2D eigenvalue weighted by Gasteiger charge is 2.17. The average molecular weight is 223 g/mol. The van der Waals surface area contributed by atoms with Crippen LogP contribution in [0.1, 0.15) is 38.5 Å². The number of rotatable bonds is 3. The van der Waals surface area contributed by atoms with Crippen molar-refractivity contribution in [2.45, 2.75) is 44.7 Å². The normalized spacial score (nSPS) is 23.5. The molecule has 0 unspecified atom stereocenters. The van der Waals surface area contributed by atoms with E-state index < -0.39 is 6.17 Å². The van der Waals surface area contributed by atoms with Gasteiger partial charge in [-0.2, -0.15) is 0 Å². The van der Waals surface area contributed by atoms with Crippen LogP contribution in [-0.4, -0.2) is 11.5 Å². The molecule has 0 amide bonds. The lowest BCUT2D eigenvalue weighted by molar-refractivity contribution is 0.249. The van der Waals surface area contributed by atoms with Gasteiger partial charge in [0, 0.05) is 5.33 Å². The van der Waals surface area contributed by atoms with Gasteiger partial charge in [-0.05, 0) is 12.3 Å². The lowest BCUT2D eigenvalue weighted by Gasteiger charge is -2.22. The first-order valence-electron chi connectivity index (χ1n) is 4.53. The molecule has 0 N–H and O–H groups in total. The van der Waals surface area contributed by atoms with Gasteiger partial charge in [-0.15, -0.1) is 0 Å². The Kier molecular flexibility index (Phi) is 4.43. The molecular weight excluding hydrogens is 207 g/mol. The molecule has 1 aliphatic carbocycles. The number of halogens is 2. The third-order valence-electron chi connectivity index (χ3n) is 2.48. The number of hydrogen-bond donors (Lipinski definition) is 0. The molecular formula is C9H16BrF. The standard InChI is InChI=1S/C9H16BrF/c10-7-9(11)6-8-4-2-1-3-5-8/h8-9H,1-7H2/t9-/m0/s1. The summed E-state index contributed by atoms with van der Waals surface area (Å²) in [5.41, 5.74) is 0. The summed E-state index contributed by atoms with van der Waals surface area (Å²) in [5.74, 6) is 0.677. The molecule has 1 saturated carbocycles. The van der Waals surface area contributed by atoms with Gasteiger partial charge in [0.05, 0.1) is 0 Å². The molecule has 0 heterocycles. The lowest BCUT2D eigenvalue weighted by Crippen LogP contribution is -2.13. The van der Waals surface area contributed by atoms with Crippen LogP contribution in [0.5, 0.6) is 0 Å². The summed E-state index contributed by atoms with van der Waals surface area (Å²) < 4.78 is 12.9. The fraction of sp³-hybridized carbons (Fsp3) is 1.00. The highest BCUT2D eigenvalue weighted by molar-refractivity contribution is 9.09. The average Bonchev–Trinajstić information content (AvgIpc) is 2.06. The predicted molar refractivity (Wildman–Crippen MR) is 49.9 cm³/mol. The second-order valence-corrected chi connectivity index (χ2v) is 4.14. The van der Waals surface area contributed by atoms with E-state index >= 15 is 0 Å². The monoisotopic (exact) mass is 222 g/mol. The van der Waals surface area contributed by atoms with E-state index in [0.717, 1.165) is 6.42 Å². The molecule has 0 saturated heterocycles. The minimum atomic E-state index is -0.613. The summed E-state index contributed by atoms with van der Waals surface area (Å²) in [5, 5.41) is 0.517. The van der Waals surface area contributed by atoms with Crippen molar-refractivity contribution >= 4 is 15.9 Å². The van der Waals surface area contributed by atoms with Crippen molar-refractivity contribution in [2.24, 2.45) is 5.92 Å². The summed E-state index contributed by atoms with van der Waals surface area (Å²) in [6.45, 7) is 0. The van der Waals surface area contributed by atoms with Crippen molar-refractivity contribution in [3.05, 3.63) is 0 Å². The minimum Gasteiger partial charge on any atom is -0.247 e. The zero-order valence-corrected chi connectivity index (χ0v) is 8.45. The van der Waals surface area contributed by atoms with E-state index in [1.165, 1.54) is 32.1 Å². The van der Waals surface area contributed by atoms with Crippen molar-refractivity contribution in [3.8, 4) is 0 Å². The van der Waals surface area contributed by atoms with Gasteiger partial charge in [0.15, 0.2) is 0 Å². The first kappa shape index (κ1) is 9.50. The molecule has 0 radical (unpaired) electrons. The van der Waals surface area contributed by atoms with Crippen molar-refractivity contribution in [2.75, 3.05) is 5.33 Å². The molecule has 0 aromatic heterocycles. The van der Waals surface area contributed by atoms with E-state index in [2.05, 4.69) is 15.9 Å². The third kappa shape index (κ3) is 3.55. The minimum absolute atomic E-state index is 0.517. The molecule has 1 aliphatic rings. The molecule has 0 spiro atoms.